The van der Waals surface area contributed by atoms with Crippen LogP contribution in [-0.2, 0) is 3.78 Å². The number of hydrogen-bond acceptors (Lipinski definition) is 1. The second kappa shape index (κ2) is 74.4. The summed E-state index contributed by atoms with van der Waals surface area (Å²) < 4.78 is 8.38. The maximum Gasteiger partial charge on any atom is -0.0149 e. The molecule has 0 N–H and O–H groups in total. The Balaban J connectivity index is -0.00000000500. The number of hydrogen-bond donors (Lipinski definition) is 0. The third-order valence-corrected chi connectivity index (χ3v) is 0. The molecule has 0 aliphatic heterocycles. The first kappa shape index (κ1) is 23.8. The Labute approximate surface area is 39.2 Å². The van der Waals surface area contributed by atoms with Crippen molar-refractivity contribution in [3.05, 3.63) is 0 Å². The van der Waals surface area contributed by atoms with Crippen LogP contribution in [0.2, 0.25) is 0 Å². The van der Waals surface area contributed by atoms with Gasteiger partial charge in [-0.15, -0.1) is 0 Å². The van der Waals surface area contributed by atoms with Crippen LogP contribution in [0, 0.1) is 0 Å². The van der Waals surface area contributed by atoms with E-state index in [9.17, 15) is 0 Å². The van der Waals surface area contributed by atoms with Gasteiger partial charge < -0.3 is 0 Å². The monoisotopic (exact) mass is 140 g/mol. The molecule has 0 heterocycles. The van der Waals surface area contributed by atoms with Gasteiger partial charge in [-0.2, -0.15) is 0 Å². The third kappa shape index (κ3) is 19.9. The van der Waals surface area contributed by atoms with E-state index in [0.717, 1.165) is 0 Å². The van der Waals surface area contributed by atoms with E-state index in [1.165, 1.54) is 0 Å². The maximum absolute atomic E-state index is 8.38. The summed E-state index contributed by atoms with van der Waals surface area (Å²) in [5, 5.41) is 0. The predicted molar refractivity (Wildman–Crippen MR) is 27.3 cm³/mol. The van der Waals surface area contributed by atoms with Gasteiger partial charge in [0.1, 0.15) is 0 Å². The summed E-state index contributed by atoms with van der Waals surface area (Å²) in [7, 11) is 0. The second-order valence-electron chi connectivity index (χ2n) is 0. The van der Waals surface area contributed by atoms with Crippen LogP contribution in [0.4, 0.5) is 0 Å². The van der Waals surface area contributed by atoms with Gasteiger partial charge in [0.05, 0.1) is 0 Å². The SMILES string of the molecule is C.[O]=[GeH2].[SiH4]. The third-order valence-electron chi connectivity index (χ3n) is 0. The molecule has 1 nitrogen and oxygen atoms in total. The van der Waals surface area contributed by atoms with Crippen LogP contribution in [-0.4, -0.2) is 27.4 Å². The van der Waals surface area contributed by atoms with Gasteiger partial charge in [-0.25, -0.2) is 0 Å². The summed E-state index contributed by atoms with van der Waals surface area (Å²) in [5.41, 5.74) is 0. The molecule has 0 aliphatic rings. The van der Waals surface area contributed by atoms with Gasteiger partial charge in [-0.1, -0.05) is 7.43 Å². The topological polar surface area (TPSA) is 17.1 Å². The fourth-order valence-electron chi connectivity index (χ4n) is 0. The average molecular weight is 139 g/mol. The van der Waals surface area contributed by atoms with Crippen molar-refractivity contribution in [2.75, 3.05) is 0 Å². The average Bonchev–Trinajstić information content (AvgIpc) is 1.00. The van der Waals surface area contributed by atoms with E-state index in [-0.39, 0.29) is 34.8 Å². The molecule has 28 valence electrons. The molecule has 0 aromatic rings. The molecule has 0 rings (SSSR count). The first-order valence-electron chi connectivity index (χ1n) is 0.289. The normalized spacial score (nSPS) is 1.00. The van der Waals surface area contributed by atoms with E-state index >= 15 is 0 Å². The molecule has 0 aromatic heterocycles. The van der Waals surface area contributed by atoms with Crippen LogP contribution in [0.1, 0.15) is 7.43 Å². The second-order valence-corrected chi connectivity index (χ2v) is 0. The molecule has 0 unspecified atom stereocenters. The summed E-state index contributed by atoms with van der Waals surface area (Å²) >= 11 is 0.125. The van der Waals surface area contributed by atoms with Gasteiger partial charge in [0.25, 0.3) is 0 Å². The summed E-state index contributed by atoms with van der Waals surface area (Å²) in [6.45, 7) is 0. The zero-order valence-electron chi connectivity index (χ0n) is 1.12. The Bertz CT molecular complexity index is 8.00. The Morgan fingerprint density at radius 1 is 1.25 bits per heavy atom. The van der Waals surface area contributed by atoms with Crippen molar-refractivity contribution in [2.45, 2.75) is 7.43 Å². The first-order chi connectivity index (χ1) is 1.00. The quantitative estimate of drug-likeness (QED) is 0.360. The van der Waals surface area contributed by atoms with E-state index in [1.807, 2.05) is 0 Å². The Morgan fingerprint density at radius 3 is 1.25 bits per heavy atom. The van der Waals surface area contributed by atoms with Crippen molar-refractivity contribution in [1.82, 2.24) is 0 Å². The summed E-state index contributed by atoms with van der Waals surface area (Å²) in [4.78, 5) is 0. The van der Waals surface area contributed by atoms with Crippen LogP contribution in [0.5, 0.6) is 0 Å². The largest absolute Gasteiger partial charge is 0.0149 e. The Hall–Kier alpha value is 0.560. The molecule has 0 saturated heterocycles. The van der Waals surface area contributed by atoms with E-state index in [1.54, 1.807) is 0 Å². The van der Waals surface area contributed by atoms with Gasteiger partial charge in [-0.3, -0.25) is 0 Å². The van der Waals surface area contributed by atoms with Crippen LogP contribution in [0.25, 0.3) is 0 Å². The van der Waals surface area contributed by atoms with Gasteiger partial charge in [0, 0.05) is 0 Å². The molecule has 0 aromatic carbocycles. The van der Waals surface area contributed by atoms with Crippen molar-refractivity contribution in [3.8, 4) is 0 Å². The molecule has 0 bridgehead atoms. The molecule has 0 spiro atoms. The molecule has 4 heavy (non-hydrogen) atoms. The summed E-state index contributed by atoms with van der Waals surface area (Å²) in [6.07, 6.45) is 0. The Morgan fingerprint density at radius 2 is 1.25 bits per heavy atom. The molecular weight excluding hydrogens is 129 g/mol. The van der Waals surface area contributed by atoms with Crippen LogP contribution in [0.3, 0.4) is 0 Å². The van der Waals surface area contributed by atoms with E-state index < -0.39 is 0 Å². The zero-order chi connectivity index (χ0) is 2.00. The molecular formula is CH10GeOSi. The van der Waals surface area contributed by atoms with Gasteiger partial charge in [0.2, 0.25) is 0 Å². The van der Waals surface area contributed by atoms with Crippen molar-refractivity contribution in [2.24, 2.45) is 0 Å². The molecule has 0 radical (unpaired) electrons. The van der Waals surface area contributed by atoms with Gasteiger partial charge in [0.15, 0.2) is 0 Å². The van der Waals surface area contributed by atoms with Crippen molar-refractivity contribution >= 4 is 27.4 Å². The summed E-state index contributed by atoms with van der Waals surface area (Å²) in [6, 6.07) is 0. The summed E-state index contributed by atoms with van der Waals surface area (Å²) in [5.74, 6) is 0. The van der Waals surface area contributed by atoms with E-state index in [0.29, 0.717) is 0 Å². The minimum absolute atomic E-state index is 0. The van der Waals surface area contributed by atoms with Gasteiger partial charge >= 0.3 is 20.2 Å². The van der Waals surface area contributed by atoms with Gasteiger partial charge in [-0.05, 0) is 11.0 Å². The molecule has 0 atom stereocenters. The van der Waals surface area contributed by atoms with Crippen molar-refractivity contribution < 1.29 is 3.78 Å². The first-order valence-corrected chi connectivity index (χ1v) is 1.50. The minimum Gasteiger partial charge on any atom is -0.0149 e. The standard InChI is InChI=1S/CH4.GeH2O.H4Si/c;1-2;/h1H4;1H2;1H4. The molecule has 3 heteroatoms. The predicted octanol–water partition coefficient (Wildman–Crippen LogP) is -1.85. The Kier molecular flexibility index (Phi) is 442. The zero-order valence-corrected chi connectivity index (χ0v) is 4.08. The van der Waals surface area contributed by atoms with E-state index in [4.69, 9.17) is 3.78 Å². The van der Waals surface area contributed by atoms with Crippen LogP contribution < -0.4 is 0 Å². The fraction of sp³-hybridized carbons (Fsp3) is 1.00. The number of rotatable bonds is 0. The molecule has 0 aliphatic carbocycles. The van der Waals surface area contributed by atoms with Crippen LogP contribution >= 0.6 is 0 Å². The minimum atomic E-state index is 0. The molecule has 0 amide bonds. The van der Waals surface area contributed by atoms with Crippen LogP contribution in [0.15, 0.2) is 0 Å². The molecule has 0 fully saturated rings. The molecule has 0 saturated carbocycles. The smallest absolute Gasteiger partial charge is 0.0149 e. The maximum atomic E-state index is 8.38. The van der Waals surface area contributed by atoms with E-state index in [2.05, 4.69) is 0 Å². The fourth-order valence-corrected chi connectivity index (χ4v) is 0. The van der Waals surface area contributed by atoms with Crippen molar-refractivity contribution in [3.63, 3.8) is 0 Å². The van der Waals surface area contributed by atoms with Crippen molar-refractivity contribution in [1.29, 1.82) is 0 Å².